The molecule has 0 aliphatic carbocycles. The van der Waals surface area contributed by atoms with Gasteiger partial charge >= 0.3 is 0 Å². The van der Waals surface area contributed by atoms with E-state index in [0.29, 0.717) is 5.02 Å². The van der Waals surface area contributed by atoms with Crippen molar-refractivity contribution in [3.05, 3.63) is 33.8 Å². The van der Waals surface area contributed by atoms with E-state index in [4.69, 9.17) is 28.9 Å². The van der Waals surface area contributed by atoms with Crippen molar-refractivity contribution in [3.8, 4) is 0 Å². The maximum Gasteiger partial charge on any atom is 0.250 e. The van der Waals surface area contributed by atoms with Gasteiger partial charge in [-0.2, -0.15) is 0 Å². The van der Waals surface area contributed by atoms with Crippen LogP contribution < -0.4 is 5.73 Å². The fourth-order valence-electron chi connectivity index (χ4n) is 0.694. The molecule has 0 heterocycles. The number of carbonyl (C=O) groups excluding carboxylic acids is 1. The minimum absolute atomic E-state index is 0.210. The molecule has 3 nitrogen and oxygen atoms in total. The number of amides is 1. The lowest BCUT2D eigenvalue weighted by Gasteiger charge is -1.99. The lowest BCUT2D eigenvalue weighted by atomic mass is 10.2. The van der Waals surface area contributed by atoms with Crippen molar-refractivity contribution < 1.29 is 8.91 Å². The van der Waals surface area contributed by atoms with Gasteiger partial charge in [0.15, 0.2) is 0 Å². The van der Waals surface area contributed by atoms with E-state index in [0.717, 1.165) is 21.0 Å². The molecule has 7 heteroatoms. The van der Waals surface area contributed by atoms with Crippen molar-refractivity contribution in [2.45, 2.75) is 0 Å². The van der Waals surface area contributed by atoms with Crippen LogP contribution >= 0.6 is 23.2 Å². The van der Waals surface area contributed by atoms with Crippen LogP contribution in [0.25, 0.3) is 0 Å². The van der Waals surface area contributed by atoms with Crippen LogP contribution in [0.1, 0.15) is 10.4 Å². The zero-order valence-electron chi connectivity index (χ0n) is 7.88. The van der Waals surface area contributed by atoms with E-state index in [2.05, 4.69) is 4.12 Å². The average molecular weight is 268 g/mol. The Bertz CT molecular complexity index is 323. The molecule has 0 saturated heterocycles. The summed E-state index contributed by atoms with van der Waals surface area (Å²) < 4.78 is 4.53. The number of carbonyl (C=O) groups is 1. The van der Waals surface area contributed by atoms with Crippen LogP contribution in [0.4, 0.5) is 0 Å². The van der Waals surface area contributed by atoms with Gasteiger partial charge in [0.2, 0.25) is 5.91 Å². The summed E-state index contributed by atoms with van der Waals surface area (Å²) >= 11 is 11.3. The third-order valence-corrected chi connectivity index (χ3v) is 2.04. The van der Waals surface area contributed by atoms with Crippen LogP contribution in [0.2, 0.25) is 10.0 Å². The van der Waals surface area contributed by atoms with Gasteiger partial charge in [-0.25, -0.2) is 0 Å². The predicted octanol–water partition coefficient (Wildman–Crippen LogP) is -0.344. The summed E-state index contributed by atoms with van der Waals surface area (Å²) in [5.41, 5.74) is 5.25. The molecule has 0 aliphatic rings. The predicted molar refractivity (Wildman–Crippen MR) is 65.9 cm³/mol. The van der Waals surface area contributed by atoms with Crippen molar-refractivity contribution in [2.75, 3.05) is 0 Å². The smallest absolute Gasteiger partial charge is 0.250 e. The molecule has 14 heavy (non-hydrogen) atoms. The van der Waals surface area contributed by atoms with Gasteiger partial charge in [0.25, 0.3) is 0 Å². The minimum atomic E-state index is -0.572. The summed E-state index contributed by atoms with van der Waals surface area (Å²) in [5, 5.41) is 0.546. The van der Waals surface area contributed by atoms with E-state index in [1.165, 1.54) is 6.07 Å². The molecule has 0 fully saturated rings. The summed E-state index contributed by atoms with van der Waals surface area (Å²) in [6.45, 7) is 0. The van der Waals surface area contributed by atoms with E-state index >= 15 is 0 Å². The van der Waals surface area contributed by atoms with Gasteiger partial charge < -0.3 is 9.85 Å². The van der Waals surface area contributed by atoms with Crippen LogP contribution in [-0.2, 0) is 4.12 Å². The molecule has 0 unspecified atom stereocenters. The Balaban J connectivity index is 0.000000500. The van der Waals surface area contributed by atoms with E-state index in [9.17, 15) is 4.79 Å². The van der Waals surface area contributed by atoms with Crippen molar-refractivity contribution in [3.63, 3.8) is 0 Å². The minimum Gasteiger partial charge on any atom is -0.471 e. The first-order valence-electron chi connectivity index (χ1n) is 3.68. The topological polar surface area (TPSA) is 52.3 Å². The third kappa shape index (κ3) is 4.25. The highest BCUT2D eigenvalue weighted by molar-refractivity contribution is 6.43. The summed E-state index contributed by atoms with van der Waals surface area (Å²) in [5.74, 6) is -0.572. The molecule has 0 spiro atoms. The van der Waals surface area contributed by atoms with Gasteiger partial charge in [0.05, 0.1) is 15.6 Å². The van der Waals surface area contributed by atoms with Crippen molar-refractivity contribution >= 4 is 50.1 Å². The number of rotatable bonds is 1. The Labute approximate surface area is 98.6 Å². The molecule has 0 atom stereocenters. The van der Waals surface area contributed by atoms with Gasteiger partial charge in [-0.3, -0.25) is 4.79 Å². The normalized spacial score (nSPS) is 9.29. The molecule has 0 aromatic heterocycles. The first kappa shape index (κ1) is 13.7. The van der Waals surface area contributed by atoms with Gasteiger partial charge in [0.1, 0.15) is 21.0 Å². The standard InChI is InChI=1S/C7H5Cl2NO.H6OSi2/c8-5-3-1-2-4(6(5)9)7(10)11;2-1-3/h1-3H,(H2,10,11);2-3H3. The molecule has 1 aromatic rings. The van der Waals surface area contributed by atoms with Crippen molar-refractivity contribution in [1.29, 1.82) is 0 Å². The molecule has 1 amide bonds. The zero-order valence-corrected chi connectivity index (χ0v) is 13.4. The van der Waals surface area contributed by atoms with E-state index in [1.807, 2.05) is 0 Å². The molecule has 0 saturated carbocycles. The van der Waals surface area contributed by atoms with Gasteiger partial charge in [-0.05, 0) is 12.1 Å². The number of primary amides is 1. The quantitative estimate of drug-likeness (QED) is 0.708. The maximum absolute atomic E-state index is 10.7. The molecule has 1 rings (SSSR count). The lowest BCUT2D eigenvalue weighted by molar-refractivity contribution is 0.100. The third-order valence-electron chi connectivity index (χ3n) is 1.22. The Hall–Kier alpha value is -0.336. The molecular formula is C7H11Cl2NO2Si2. The SMILES string of the molecule is NC(=O)c1cccc(Cl)c1Cl.[SiH3]O[SiH3]. The van der Waals surface area contributed by atoms with Gasteiger partial charge in [-0.15, -0.1) is 0 Å². The number of hydrogen-bond donors (Lipinski definition) is 1. The monoisotopic (exact) mass is 267 g/mol. The highest BCUT2D eigenvalue weighted by atomic mass is 35.5. The second-order valence-corrected chi connectivity index (χ2v) is 6.43. The Morgan fingerprint density at radius 1 is 1.36 bits per heavy atom. The second kappa shape index (κ2) is 7.02. The second-order valence-electron chi connectivity index (χ2n) is 2.37. The number of halogens is 2. The first-order chi connectivity index (χ1) is 6.54. The van der Waals surface area contributed by atoms with E-state index < -0.39 is 5.91 Å². The fourth-order valence-corrected chi connectivity index (χ4v) is 1.09. The van der Waals surface area contributed by atoms with Crippen LogP contribution in [0.15, 0.2) is 18.2 Å². The number of nitrogens with two attached hydrogens (primary N) is 1. The van der Waals surface area contributed by atoms with Gasteiger partial charge in [-0.1, -0.05) is 29.3 Å². The van der Waals surface area contributed by atoms with Crippen LogP contribution in [0.3, 0.4) is 0 Å². The van der Waals surface area contributed by atoms with Crippen molar-refractivity contribution in [2.24, 2.45) is 5.73 Å². The Kier molecular flexibility index (Phi) is 6.85. The summed E-state index contributed by atoms with van der Waals surface area (Å²) in [7, 11) is 1.86. The molecule has 2 N–H and O–H groups in total. The molecule has 0 radical (unpaired) electrons. The summed E-state index contributed by atoms with van der Waals surface area (Å²) in [4.78, 5) is 10.7. The number of hydrogen-bond acceptors (Lipinski definition) is 2. The summed E-state index contributed by atoms with van der Waals surface area (Å²) in [6, 6.07) is 4.74. The highest BCUT2D eigenvalue weighted by Crippen LogP contribution is 2.24. The Morgan fingerprint density at radius 3 is 2.21 bits per heavy atom. The largest absolute Gasteiger partial charge is 0.471 e. The Morgan fingerprint density at radius 2 is 1.86 bits per heavy atom. The maximum atomic E-state index is 10.7. The summed E-state index contributed by atoms with van der Waals surface area (Å²) in [6.07, 6.45) is 0. The molecule has 78 valence electrons. The zero-order chi connectivity index (χ0) is 11.1. The molecule has 1 aromatic carbocycles. The van der Waals surface area contributed by atoms with Crippen LogP contribution in [0, 0.1) is 0 Å². The molecular weight excluding hydrogens is 257 g/mol. The van der Waals surface area contributed by atoms with Gasteiger partial charge in [0, 0.05) is 0 Å². The lowest BCUT2D eigenvalue weighted by Crippen LogP contribution is -2.11. The van der Waals surface area contributed by atoms with Crippen LogP contribution in [-0.4, -0.2) is 26.9 Å². The van der Waals surface area contributed by atoms with E-state index in [-0.39, 0.29) is 10.6 Å². The molecule has 0 aliphatic heterocycles. The fraction of sp³-hybridized carbons (Fsp3) is 0. The number of benzene rings is 1. The first-order valence-corrected chi connectivity index (χ1v) is 6.07. The highest BCUT2D eigenvalue weighted by Gasteiger charge is 2.07. The van der Waals surface area contributed by atoms with E-state index in [1.54, 1.807) is 12.1 Å². The van der Waals surface area contributed by atoms with Crippen LogP contribution in [0.5, 0.6) is 0 Å². The molecule has 0 bridgehead atoms. The van der Waals surface area contributed by atoms with Crippen molar-refractivity contribution in [1.82, 2.24) is 0 Å². The average Bonchev–Trinajstić information content (AvgIpc) is 2.10.